The maximum absolute atomic E-state index is 6.34. The van der Waals surface area contributed by atoms with Crippen molar-refractivity contribution in [3.63, 3.8) is 0 Å². The topological polar surface area (TPSA) is 38.9 Å². The molecule has 3 nitrogen and oxygen atoms in total. The highest BCUT2D eigenvalue weighted by atomic mass is 16.3. The molecule has 3 heterocycles. The van der Waals surface area contributed by atoms with Crippen molar-refractivity contribution in [1.29, 1.82) is 0 Å². The third-order valence-electron chi connectivity index (χ3n) is 6.28. The first kappa shape index (κ1) is 21.6. The fourth-order valence-electron chi connectivity index (χ4n) is 4.93. The summed E-state index contributed by atoms with van der Waals surface area (Å²) in [6, 6.07) is 15.5. The number of rotatable bonds is 5. The van der Waals surface area contributed by atoms with E-state index in [9.17, 15) is 0 Å². The lowest BCUT2D eigenvalue weighted by Crippen LogP contribution is -2.00. The van der Waals surface area contributed by atoms with Gasteiger partial charge in [-0.2, -0.15) is 0 Å². The molecule has 168 valence electrons. The molecule has 0 aliphatic carbocycles. The molecule has 0 saturated heterocycles. The average Bonchev–Trinajstić information content (AvgIpc) is 3.10. The average molecular weight is 437 g/mol. The largest absolute Gasteiger partial charge is 0.437 e. The standard InChI is InChI=1S/C30H32N2O/c1-17(2)11-21-8-10-23-25(15-21)22(12-18(3)4)16-31-28(23)27-14-19(5)13-26-24-9-7-20(6)32-30(24)33-29(26)27/h7-10,13-18H,11-12H2,1-6H3. The Morgan fingerprint density at radius 1 is 0.788 bits per heavy atom. The van der Waals surface area contributed by atoms with E-state index in [0.29, 0.717) is 17.5 Å². The normalized spacial score (nSPS) is 12.1. The molecule has 3 aromatic heterocycles. The minimum atomic E-state index is 0.574. The van der Waals surface area contributed by atoms with Crippen LogP contribution in [0, 0.1) is 25.7 Å². The van der Waals surface area contributed by atoms with E-state index in [4.69, 9.17) is 9.40 Å². The van der Waals surface area contributed by atoms with Crippen molar-refractivity contribution in [2.24, 2.45) is 11.8 Å². The highest BCUT2D eigenvalue weighted by molar-refractivity contribution is 6.11. The Bertz CT molecular complexity index is 1490. The van der Waals surface area contributed by atoms with Crippen LogP contribution >= 0.6 is 0 Å². The maximum atomic E-state index is 6.34. The van der Waals surface area contributed by atoms with Crippen LogP contribution in [0.1, 0.15) is 50.1 Å². The molecule has 3 heteroatoms. The number of nitrogens with zero attached hydrogens (tertiary/aromatic N) is 2. The molecule has 0 radical (unpaired) electrons. The number of hydrogen-bond acceptors (Lipinski definition) is 3. The summed E-state index contributed by atoms with van der Waals surface area (Å²) in [4.78, 5) is 9.66. The van der Waals surface area contributed by atoms with E-state index in [-0.39, 0.29) is 0 Å². The minimum Gasteiger partial charge on any atom is -0.437 e. The van der Waals surface area contributed by atoms with Crippen molar-refractivity contribution in [2.75, 3.05) is 0 Å². The molecule has 5 rings (SSSR count). The first-order chi connectivity index (χ1) is 15.8. The predicted molar refractivity (Wildman–Crippen MR) is 139 cm³/mol. The maximum Gasteiger partial charge on any atom is 0.227 e. The Kier molecular flexibility index (Phi) is 5.44. The van der Waals surface area contributed by atoms with Crippen LogP contribution in [-0.4, -0.2) is 9.97 Å². The van der Waals surface area contributed by atoms with Crippen LogP contribution in [0.25, 0.3) is 44.1 Å². The number of benzene rings is 2. The molecule has 0 spiro atoms. The van der Waals surface area contributed by atoms with E-state index < -0.39 is 0 Å². The lowest BCUT2D eigenvalue weighted by molar-refractivity contribution is 0.645. The summed E-state index contributed by atoms with van der Waals surface area (Å²) in [5, 5.41) is 4.66. The molecule has 33 heavy (non-hydrogen) atoms. The van der Waals surface area contributed by atoms with Crippen molar-refractivity contribution < 1.29 is 4.42 Å². The Morgan fingerprint density at radius 3 is 2.30 bits per heavy atom. The van der Waals surface area contributed by atoms with Gasteiger partial charge in [0.05, 0.1) is 5.69 Å². The molecule has 0 bridgehead atoms. The highest BCUT2D eigenvalue weighted by Gasteiger charge is 2.18. The Balaban J connectivity index is 1.80. The molecule has 2 aromatic carbocycles. The number of hydrogen-bond donors (Lipinski definition) is 0. The van der Waals surface area contributed by atoms with Gasteiger partial charge in [0, 0.05) is 33.6 Å². The quantitative estimate of drug-likeness (QED) is 0.279. The minimum absolute atomic E-state index is 0.574. The van der Waals surface area contributed by atoms with Gasteiger partial charge in [-0.05, 0) is 84.9 Å². The zero-order valence-corrected chi connectivity index (χ0v) is 20.5. The number of furan rings is 1. The van der Waals surface area contributed by atoms with Crippen LogP contribution in [0.2, 0.25) is 0 Å². The monoisotopic (exact) mass is 436 g/mol. The molecule has 0 N–H and O–H groups in total. The summed E-state index contributed by atoms with van der Waals surface area (Å²) < 4.78 is 6.34. The Hall–Kier alpha value is -3.20. The molecule has 0 fully saturated rings. The fraction of sp³-hybridized carbons (Fsp3) is 0.333. The van der Waals surface area contributed by atoms with Crippen molar-refractivity contribution in [3.05, 3.63) is 71.0 Å². The molecular weight excluding hydrogens is 404 g/mol. The second kappa shape index (κ2) is 8.30. The van der Waals surface area contributed by atoms with E-state index in [2.05, 4.69) is 82.2 Å². The smallest absolute Gasteiger partial charge is 0.227 e. The third-order valence-corrected chi connectivity index (χ3v) is 6.28. The molecule has 0 aliphatic heterocycles. The summed E-state index contributed by atoms with van der Waals surface area (Å²) >= 11 is 0. The van der Waals surface area contributed by atoms with Gasteiger partial charge in [-0.25, -0.2) is 4.98 Å². The van der Waals surface area contributed by atoms with Crippen LogP contribution < -0.4 is 0 Å². The highest BCUT2D eigenvalue weighted by Crippen LogP contribution is 2.39. The second-order valence-corrected chi connectivity index (χ2v) is 10.3. The zero-order valence-electron chi connectivity index (χ0n) is 20.5. The Labute approximate surface area is 195 Å². The van der Waals surface area contributed by atoms with Crippen LogP contribution in [0.15, 0.2) is 53.1 Å². The number of pyridine rings is 2. The van der Waals surface area contributed by atoms with E-state index in [0.717, 1.165) is 46.1 Å². The van der Waals surface area contributed by atoms with Crippen LogP contribution in [0.4, 0.5) is 0 Å². The van der Waals surface area contributed by atoms with E-state index >= 15 is 0 Å². The SMILES string of the molecule is Cc1cc(-c2ncc(CC(C)C)c3cc(CC(C)C)ccc23)c2oc3nc(C)ccc3c2c1. The molecule has 0 amide bonds. The third kappa shape index (κ3) is 4.01. The van der Waals surface area contributed by atoms with Gasteiger partial charge in [0.25, 0.3) is 0 Å². The van der Waals surface area contributed by atoms with Gasteiger partial charge in [-0.3, -0.25) is 4.98 Å². The summed E-state index contributed by atoms with van der Waals surface area (Å²) in [6.07, 6.45) is 4.18. The van der Waals surface area contributed by atoms with Crippen LogP contribution in [0.3, 0.4) is 0 Å². The van der Waals surface area contributed by atoms with Crippen molar-refractivity contribution in [3.8, 4) is 11.3 Å². The molecule has 0 saturated carbocycles. The van der Waals surface area contributed by atoms with E-state index in [1.807, 2.05) is 13.0 Å². The van der Waals surface area contributed by atoms with E-state index in [1.54, 1.807) is 0 Å². The lowest BCUT2D eigenvalue weighted by atomic mass is 9.92. The lowest BCUT2D eigenvalue weighted by Gasteiger charge is -2.15. The van der Waals surface area contributed by atoms with Gasteiger partial charge in [0.1, 0.15) is 5.58 Å². The summed E-state index contributed by atoms with van der Waals surface area (Å²) in [5.41, 5.74) is 8.44. The van der Waals surface area contributed by atoms with Gasteiger partial charge in [0.2, 0.25) is 5.71 Å². The van der Waals surface area contributed by atoms with Crippen molar-refractivity contribution in [1.82, 2.24) is 9.97 Å². The second-order valence-electron chi connectivity index (χ2n) is 10.3. The number of aryl methyl sites for hydroxylation is 2. The zero-order chi connectivity index (χ0) is 23.3. The van der Waals surface area contributed by atoms with Crippen LogP contribution in [0.5, 0.6) is 0 Å². The van der Waals surface area contributed by atoms with Gasteiger partial charge in [-0.15, -0.1) is 0 Å². The summed E-state index contributed by atoms with van der Waals surface area (Å²) in [5.74, 6) is 1.20. The molecule has 5 aromatic rings. The predicted octanol–water partition coefficient (Wildman–Crippen LogP) is 8.21. The molecule has 0 unspecified atom stereocenters. The Morgan fingerprint density at radius 2 is 1.55 bits per heavy atom. The molecule has 0 aliphatic rings. The van der Waals surface area contributed by atoms with Crippen molar-refractivity contribution in [2.45, 2.75) is 54.4 Å². The summed E-state index contributed by atoms with van der Waals surface area (Å²) in [7, 11) is 0. The first-order valence-corrected chi connectivity index (χ1v) is 12.0. The molecular formula is C30H32N2O. The summed E-state index contributed by atoms with van der Waals surface area (Å²) in [6.45, 7) is 13.2. The van der Waals surface area contributed by atoms with Gasteiger partial charge in [-0.1, -0.05) is 45.9 Å². The van der Waals surface area contributed by atoms with Gasteiger partial charge < -0.3 is 4.42 Å². The van der Waals surface area contributed by atoms with Crippen LogP contribution in [-0.2, 0) is 12.8 Å². The van der Waals surface area contributed by atoms with Gasteiger partial charge >= 0.3 is 0 Å². The van der Waals surface area contributed by atoms with Crippen molar-refractivity contribution >= 4 is 32.8 Å². The number of aromatic nitrogens is 2. The molecule has 0 atom stereocenters. The van der Waals surface area contributed by atoms with Gasteiger partial charge in [0.15, 0.2) is 0 Å². The fourth-order valence-corrected chi connectivity index (χ4v) is 4.93. The van der Waals surface area contributed by atoms with E-state index in [1.165, 1.54) is 27.5 Å². The number of fused-ring (bicyclic) bond motifs is 4. The first-order valence-electron chi connectivity index (χ1n) is 12.0.